The molecule has 1 saturated heterocycles. The number of hydrogen-bond donors (Lipinski definition) is 0. The maximum atomic E-state index is 14.0. The number of piperidine rings is 1. The fourth-order valence-corrected chi connectivity index (χ4v) is 5.27. The third-order valence-electron chi connectivity index (χ3n) is 6.79. The summed E-state index contributed by atoms with van der Waals surface area (Å²) in [6.07, 6.45) is 6.11. The molecule has 0 radical (unpaired) electrons. The van der Waals surface area contributed by atoms with Gasteiger partial charge in [-0.05, 0) is 44.7 Å². The summed E-state index contributed by atoms with van der Waals surface area (Å²) in [6.45, 7) is 1.83. The number of benzene rings is 1. The molecule has 5 rings (SSSR count). The number of carbonyl (C=O) groups is 1. The van der Waals surface area contributed by atoms with E-state index in [1.54, 1.807) is 24.1 Å². The van der Waals surface area contributed by atoms with Crippen LogP contribution >= 0.6 is 0 Å². The van der Waals surface area contributed by atoms with Crippen molar-refractivity contribution in [2.45, 2.75) is 44.7 Å². The molecule has 4 heterocycles. The zero-order valence-corrected chi connectivity index (χ0v) is 18.5. The number of pyridine rings is 1. The van der Waals surface area contributed by atoms with Crippen molar-refractivity contribution in [2.75, 3.05) is 7.11 Å². The Balaban J connectivity index is 1.59. The number of methoxy groups -OCH3 is 1. The van der Waals surface area contributed by atoms with E-state index in [0.717, 1.165) is 48.2 Å². The topological polar surface area (TPSA) is 60.2 Å². The molecule has 2 aliphatic heterocycles. The average Bonchev–Trinajstić information content (AvgIpc) is 3.12. The van der Waals surface area contributed by atoms with Crippen molar-refractivity contribution in [3.8, 4) is 17.0 Å². The molecule has 33 heavy (non-hydrogen) atoms. The molecule has 0 saturated carbocycles. The summed E-state index contributed by atoms with van der Waals surface area (Å²) in [6, 6.07) is 1.64. The first-order chi connectivity index (χ1) is 15.8. The molecule has 0 N–H and O–H groups in total. The molecule has 2 unspecified atom stereocenters. The minimum atomic E-state index is -1.49. The van der Waals surface area contributed by atoms with Gasteiger partial charge in [-0.15, -0.1) is 0 Å². The first kappa shape index (κ1) is 21.5. The fraction of sp³-hybridized carbons (Fsp3) is 0.375. The summed E-state index contributed by atoms with van der Waals surface area (Å²) in [5.74, 6) is -3.57. The number of aryl methyl sites for hydroxylation is 1. The molecule has 172 valence electrons. The van der Waals surface area contributed by atoms with Gasteiger partial charge in [0, 0.05) is 36.0 Å². The van der Waals surface area contributed by atoms with Crippen LogP contribution in [0.25, 0.3) is 11.3 Å². The maximum absolute atomic E-state index is 14.0. The molecule has 2 aromatic heterocycles. The highest BCUT2D eigenvalue weighted by atomic mass is 19.2. The van der Waals surface area contributed by atoms with E-state index in [0.29, 0.717) is 23.4 Å². The van der Waals surface area contributed by atoms with Gasteiger partial charge >= 0.3 is 0 Å². The first-order valence-electron chi connectivity index (χ1n) is 10.8. The van der Waals surface area contributed by atoms with E-state index in [1.807, 2.05) is 11.8 Å². The van der Waals surface area contributed by atoms with Gasteiger partial charge in [-0.25, -0.2) is 13.2 Å². The van der Waals surface area contributed by atoms with E-state index >= 15 is 0 Å². The summed E-state index contributed by atoms with van der Waals surface area (Å²) in [4.78, 5) is 19.7. The lowest BCUT2D eigenvalue weighted by Gasteiger charge is -2.45. The minimum Gasteiger partial charge on any atom is -0.495 e. The highest BCUT2D eigenvalue weighted by Gasteiger charge is 2.44. The lowest BCUT2D eigenvalue weighted by molar-refractivity contribution is 0.0390. The van der Waals surface area contributed by atoms with Crippen molar-refractivity contribution in [3.05, 3.63) is 64.4 Å². The van der Waals surface area contributed by atoms with Crippen LogP contribution in [0.4, 0.5) is 13.2 Å². The molecule has 2 bridgehead atoms. The molecule has 1 aromatic carbocycles. The second-order valence-electron chi connectivity index (χ2n) is 8.62. The Morgan fingerprint density at radius 3 is 2.58 bits per heavy atom. The number of halogens is 3. The largest absolute Gasteiger partial charge is 0.495 e. The molecule has 0 aliphatic carbocycles. The number of amides is 1. The summed E-state index contributed by atoms with van der Waals surface area (Å²) in [5, 5.41) is 4.66. The van der Waals surface area contributed by atoms with Crippen molar-refractivity contribution in [3.63, 3.8) is 0 Å². The van der Waals surface area contributed by atoms with Gasteiger partial charge in [-0.2, -0.15) is 5.10 Å². The molecule has 3 aromatic rings. The van der Waals surface area contributed by atoms with Crippen LogP contribution in [0.5, 0.6) is 5.75 Å². The van der Waals surface area contributed by atoms with Gasteiger partial charge in [0.2, 0.25) is 0 Å². The van der Waals surface area contributed by atoms with Crippen molar-refractivity contribution in [1.82, 2.24) is 19.7 Å². The number of fused-ring (bicyclic) bond motifs is 4. The highest BCUT2D eigenvalue weighted by Crippen LogP contribution is 2.45. The van der Waals surface area contributed by atoms with Gasteiger partial charge < -0.3 is 9.64 Å². The smallest absolute Gasteiger partial charge is 0.256 e. The Morgan fingerprint density at radius 2 is 1.88 bits per heavy atom. The molecule has 1 amide bonds. The van der Waals surface area contributed by atoms with Crippen LogP contribution in [-0.2, 0) is 13.5 Å². The molecular weight excluding hydrogens is 433 g/mol. The first-order valence-corrected chi connectivity index (χ1v) is 10.8. The SMILES string of the molecule is COc1cncc(C(=O)N2C3CCCC2c2nn(C)c(-c4cc(F)c(F)c(F)c4)c2C3)c1C. The van der Waals surface area contributed by atoms with Gasteiger partial charge in [-0.1, -0.05) is 0 Å². The van der Waals surface area contributed by atoms with E-state index in [-0.39, 0.29) is 23.6 Å². The second kappa shape index (κ2) is 7.90. The summed E-state index contributed by atoms with van der Waals surface area (Å²) in [5.41, 5.74) is 3.55. The maximum Gasteiger partial charge on any atom is 0.256 e. The molecule has 0 spiro atoms. The predicted octanol–water partition coefficient (Wildman–Crippen LogP) is 4.51. The average molecular weight is 456 g/mol. The number of carbonyl (C=O) groups excluding carboxylic acids is 1. The lowest BCUT2D eigenvalue weighted by atomic mass is 9.81. The molecule has 1 fully saturated rings. The third-order valence-corrected chi connectivity index (χ3v) is 6.79. The number of rotatable bonds is 3. The van der Waals surface area contributed by atoms with Crippen molar-refractivity contribution < 1.29 is 22.7 Å². The molecule has 9 heteroatoms. The second-order valence-corrected chi connectivity index (χ2v) is 8.62. The molecular formula is C24H23F3N4O2. The Morgan fingerprint density at radius 1 is 1.15 bits per heavy atom. The zero-order chi connectivity index (χ0) is 23.4. The zero-order valence-electron chi connectivity index (χ0n) is 18.5. The van der Waals surface area contributed by atoms with Crippen LogP contribution in [-0.4, -0.2) is 38.7 Å². The Hall–Kier alpha value is -3.36. The summed E-state index contributed by atoms with van der Waals surface area (Å²) >= 11 is 0. The van der Waals surface area contributed by atoms with Gasteiger partial charge in [0.1, 0.15) is 5.75 Å². The summed E-state index contributed by atoms with van der Waals surface area (Å²) in [7, 11) is 3.23. The Labute approximate surface area is 189 Å². The van der Waals surface area contributed by atoms with E-state index in [9.17, 15) is 18.0 Å². The number of aromatic nitrogens is 3. The van der Waals surface area contributed by atoms with Crippen molar-refractivity contribution in [1.29, 1.82) is 0 Å². The van der Waals surface area contributed by atoms with Crippen molar-refractivity contribution in [2.24, 2.45) is 7.05 Å². The van der Waals surface area contributed by atoms with E-state index in [2.05, 4.69) is 10.1 Å². The van der Waals surface area contributed by atoms with Gasteiger partial charge in [0.25, 0.3) is 5.91 Å². The lowest BCUT2D eigenvalue weighted by Crippen LogP contribution is -2.50. The van der Waals surface area contributed by atoms with Crippen LogP contribution in [0.3, 0.4) is 0 Å². The van der Waals surface area contributed by atoms with Crippen LogP contribution in [0, 0.1) is 24.4 Å². The van der Waals surface area contributed by atoms with Crippen LogP contribution in [0.1, 0.15) is 52.5 Å². The summed E-state index contributed by atoms with van der Waals surface area (Å²) < 4.78 is 48.4. The Kier molecular flexibility index (Phi) is 5.14. The highest BCUT2D eigenvalue weighted by molar-refractivity contribution is 5.96. The van der Waals surface area contributed by atoms with Crippen molar-refractivity contribution >= 4 is 5.91 Å². The van der Waals surface area contributed by atoms with E-state index in [1.165, 1.54) is 7.11 Å². The monoisotopic (exact) mass is 456 g/mol. The fourth-order valence-electron chi connectivity index (χ4n) is 5.27. The normalized spacial score (nSPS) is 19.4. The quantitative estimate of drug-likeness (QED) is 0.545. The van der Waals surface area contributed by atoms with E-state index < -0.39 is 17.5 Å². The predicted molar refractivity (Wildman–Crippen MR) is 114 cm³/mol. The van der Waals surface area contributed by atoms with Crippen LogP contribution in [0.2, 0.25) is 0 Å². The number of ether oxygens (including phenoxy) is 1. The third kappa shape index (κ3) is 3.29. The van der Waals surface area contributed by atoms with Crippen LogP contribution < -0.4 is 4.74 Å². The minimum absolute atomic E-state index is 0.0903. The van der Waals surface area contributed by atoms with Gasteiger partial charge in [0.15, 0.2) is 17.5 Å². The molecule has 6 nitrogen and oxygen atoms in total. The van der Waals surface area contributed by atoms with E-state index in [4.69, 9.17) is 4.74 Å². The van der Waals surface area contributed by atoms with Gasteiger partial charge in [-0.3, -0.25) is 14.5 Å². The Bertz CT molecular complexity index is 1250. The van der Waals surface area contributed by atoms with Crippen LogP contribution in [0.15, 0.2) is 24.5 Å². The molecule has 2 atom stereocenters. The van der Waals surface area contributed by atoms with Gasteiger partial charge in [0.05, 0.1) is 36.3 Å². The molecule has 2 aliphatic rings. The number of hydrogen-bond acceptors (Lipinski definition) is 4. The standard InChI is InChI=1S/C24H23F3N4O2/c1-12-16(10-28-11-20(12)33-3)24(32)31-14-5-4-6-19(31)22-15(9-14)23(30(2)29-22)13-7-17(25)21(27)18(26)8-13/h7-8,10-11,14,19H,4-6,9H2,1-3H3. The number of nitrogens with zero attached hydrogens (tertiary/aromatic N) is 4.